The molecule has 19 heavy (non-hydrogen) atoms. The fourth-order valence-corrected chi connectivity index (χ4v) is 1.49. The average molecular weight is 267 g/mol. The van der Waals surface area contributed by atoms with Crippen molar-refractivity contribution in [2.45, 2.75) is 32.8 Å². The summed E-state index contributed by atoms with van der Waals surface area (Å²) in [6, 6.07) is 6.06. The predicted octanol–water partition coefficient (Wildman–Crippen LogP) is 2.30. The van der Waals surface area contributed by atoms with Gasteiger partial charge in [0.25, 0.3) is 0 Å². The Kier molecular flexibility index (Phi) is 6.71. The van der Waals surface area contributed by atoms with Gasteiger partial charge in [0.1, 0.15) is 17.7 Å². The van der Waals surface area contributed by atoms with E-state index in [0.717, 1.165) is 19.4 Å². The molecule has 0 aliphatic heterocycles. The van der Waals surface area contributed by atoms with Crippen molar-refractivity contribution in [1.82, 2.24) is 5.32 Å². The monoisotopic (exact) mass is 267 g/mol. The third-order valence-corrected chi connectivity index (χ3v) is 2.49. The van der Waals surface area contributed by atoms with Gasteiger partial charge in [-0.3, -0.25) is 0 Å². The van der Waals surface area contributed by atoms with E-state index in [-0.39, 0.29) is 11.9 Å². The topological polar surface area (TPSA) is 59.6 Å². The number of guanidine groups is 1. The second-order valence-electron chi connectivity index (χ2n) is 4.39. The zero-order valence-electron chi connectivity index (χ0n) is 11.5. The van der Waals surface area contributed by atoms with Crippen molar-refractivity contribution in [3.63, 3.8) is 0 Å². The minimum absolute atomic E-state index is 0.159. The first kappa shape index (κ1) is 15.3. The van der Waals surface area contributed by atoms with E-state index < -0.39 is 0 Å². The highest BCUT2D eigenvalue weighted by Crippen LogP contribution is 2.13. The van der Waals surface area contributed by atoms with E-state index in [1.807, 2.05) is 6.92 Å². The predicted molar refractivity (Wildman–Crippen MR) is 75.9 cm³/mol. The van der Waals surface area contributed by atoms with E-state index in [9.17, 15) is 4.39 Å². The first-order valence-corrected chi connectivity index (χ1v) is 6.57. The Balaban J connectivity index is 2.34. The Bertz CT molecular complexity index is 409. The summed E-state index contributed by atoms with van der Waals surface area (Å²) in [5.74, 6) is 0.609. The number of ether oxygens (including phenoxy) is 1. The molecule has 1 unspecified atom stereocenters. The Morgan fingerprint density at radius 2 is 2.32 bits per heavy atom. The molecule has 0 bridgehead atoms. The molecule has 3 N–H and O–H groups in total. The number of benzene rings is 1. The van der Waals surface area contributed by atoms with Gasteiger partial charge in [-0.05, 0) is 25.5 Å². The van der Waals surface area contributed by atoms with Crippen LogP contribution in [0.3, 0.4) is 0 Å². The second kappa shape index (κ2) is 8.34. The molecule has 0 heterocycles. The summed E-state index contributed by atoms with van der Waals surface area (Å²) in [6.07, 6.45) is 2.01. The number of rotatable bonds is 7. The number of hydrogen-bond acceptors (Lipinski definition) is 2. The molecule has 0 aliphatic rings. The summed E-state index contributed by atoms with van der Waals surface area (Å²) in [7, 11) is 0. The Morgan fingerprint density at radius 3 is 3.00 bits per heavy atom. The van der Waals surface area contributed by atoms with Crippen LogP contribution in [-0.4, -0.2) is 25.2 Å². The van der Waals surface area contributed by atoms with E-state index in [1.54, 1.807) is 12.1 Å². The molecule has 1 rings (SSSR count). The molecule has 106 valence electrons. The smallest absolute Gasteiger partial charge is 0.188 e. The molecule has 0 saturated carbocycles. The number of aliphatic imine (C=N–C) groups is 1. The van der Waals surface area contributed by atoms with Gasteiger partial charge >= 0.3 is 0 Å². The summed E-state index contributed by atoms with van der Waals surface area (Å²) in [5.41, 5.74) is 5.70. The number of nitrogens with two attached hydrogens (primary N) is 1. The van der Waals surface area contributed by atoms with E-state index >= 15 is 0 Å². The molecule has 0 aliphatic carbocycles. The van der Waals surface area contributed by atoms with Gasteiger partial charge in [-0.15, -0.1) is 0 Å². The van der Waals surface area contributed by atoms with Crippen molar-refractivity contribution < 1.29 is 9.13 Å². The van der Waals surface area contributed by atoms with Crippen molar-refractivity contribution in [2.24, 2.45) is 10.7 Å². The van der Waals surface area contributed by atoms with E-state index in [1.165, 1.54) is 12.1 Å². The zero-order valence-corrected chi connectivity index (χ0v) is 11.5. The molecule has 0 aromatic heterocycles. The van der Waals surface area contributed by atoms with Crippen LogP contribution in [0, 0.1) is 5.82 Å². The lowest BCUT2D eigenvalue weighted by Crippen LogP contribution is -2.33. The van der Waals surface area contributed by atoms with Crippen LogP contribution in [0.1, 0.15) is 26.7 Å². The van der Waals surface area contributed by atoms with Gasteiger partial charge in [0.05, 0.1) is 6.54 Å². The Hall–Kier alpha value is -1.78. The first-order chi connectivity index (χ1) is 9.11. The molecule has 0 saturated heterocycles. The Morgan fingerprint density at radius 1 is 1.53 bits per heavy atom. The largest absolute Gasteiger partial charge is 0.489 e. The lowest BCUT2D eigenvalue weighted by atomic mass is 10.3. The lowest BCUT2D eigenvalue weighted by molar-refractivity contribution is 0.229. The van der Waals surface area contributed by atoms with Crippen molar-refractivity contribution in [1.29, 1.82) is 0 Å². The summed E-state index contributed by atoms with van der Waals surface area (Å²) in [5, 5.41) is 3.02. The van der Waals surface area contributed by atoms with E-state index in [2.05, 4.69) is 17.2 Å². The average Bonchev–Trinajstić information content (AvgIpc) is 2.37. The van der Waals surface area contributed by atoms with Crippen LogP contribution in [-0.2, 0) is 0 Å². The van der Waals surface area contributed by atoms with Crippen molar-refractivity contribution in [3.05, 3.63) is 30.1 Å². The molecule has 0 radical (unpaired) electrons. The van der Waals surface area contributed by atoms with Crippen molar-refractivity contribution in [3.8, 4) is 5.75 Å². The Labute approximate surface area is 113 Å². The van der Waals surface area contributed by atoms with Crippen molar-refractivity contribution >= 4 is 5.96 Å². The quantitative estimate of drug-likeness (QED) is 0.453. The second-order valence-corrected chi connectivity index (χ2v) is 4.39. The highest BCUT2D eigenvalue weighted by atomic mass is 19.1. The molecule has 1 aromatic rings. The maximum Gasteiger partial charge on any atom is 0.188 e. The van der Waals surface area contributed by atoms with Crippen LogP contribution in [0.15, 0.2) is 29.3 Å². The van der Waals surface area contributed by atoms with Crippen LogP contribution < -0.4 is 15.8 Å². The molecule has 5 heteroatoms. The van der Waals surface area contributed by atoms with Crippen LogP contribution in [0.5, 0.6) is 5.75 Å². The number of nitrogens with zero attached hydrogens (tertiary/aromatic N) is 1. The lowest BCUT2D eigenvalue weighted by Gasteiger charge is -2.13. The maximum absolute atomic E-state index is 13.0. The van der Waals surface area contributed by atoms with Crippen LogP contribution >= 0.6 is 0 Å². The molecular formula is C14H22FN3O. The fraction of sp³-hybridized carbons (Fsp3) is 0.500. The summed E-state index contributed by atoms with van der Waals surface area (Å²) in [6.45, 7) is 5.24. The standard InChI is InChI=1S/C14H22FN3O/c1-3-4-8-17-14(16)18-10-11(2)19-13-7-5-6-12(15)9-13/h5-7,9,11H,3-4,8,10H2,1-2H3,(H3,16,17,18). The molecule has 0 spiro atoms. The third kappa shape index (κ3) is 6.64. The number of hydrogen-bond donors (Lipinski definition) is 2. The molecule has 1 aromatic carbocycles. The van der Waals surface area contributed by atoms with Gasteiger partial charge in [0, 0.05) is 12.6 Å². The number of nitrogens with one attached hydrogen (secondary N) is 1. The third-order valence-electron chi connectivity index (χ3n) is 2.49. The normalized spacial score (nSPS) is 13.1. The summed E-state index contributed by atoms with van der Waals surface area (Å²) in [4.78, 5) is 4.18. The van der Waals surface area contributed by atoms with Gasteiger partial charge in [0.15, 0.2) is 5.96 Å². The van der Waals surface area contributed by atoms with E-state index in [4.69, 9.17) is 10.5 Å². The first-order valence-electron chi connectivity index (χ1n) is 6.57. The molecule has 1 atom stereocenters. The van der Waals surface area contributed by atoms with E-state index in [0.29, 0.717) is 18.3 Å². The van der Waals surface area contributed by atoms with Gasteiger partial charge in [-0.2, -0.15) is 0 Å². The number of unbranched alkanes of at least 4 members (excludes halogenated alkanes) is 1. The molecule has 0 amide bonds. The van der Waals surface area contributed by atoms with Crippen LogP contribution in [0.4, 0.5) is 4.39 Å². The van der Waals surface area contributed by atoms with Gasteiger partial charge < -0.3 is 15.8 Å². The fourth-order valence-electron chi connectivity index (χ4n) is 1.49. The van der Waals surface area contributed by atoms with Gasteiger partial charge in [0.2, 0.25) is 0 Å². The summed E-state index contributed by atoms with van der Waals surface area (Å²) >= 11 is 0. The number of halogens is 1. The minimum Gasteiger partial charge on any atom is -0.489 e. The molecule has 0 fully saturated rings. The highest BCUT2D eigenvalue weighted by molar-refractivity contribution is 5.77. The van der Waals surface area contributed by atoms with Gasteiger partial charge in [-0.1, -0.05) is 19.4 Å². The highest BCUT2D eigenvalue weighted by Gasteiger charge is 2.04. The van der Waals surface area contributed by atoms with Gasteiger partial charge in [-0.25, -0.2) is 9.38 Å². The minimum atomic E-state index is -0.311. The van der Waals surface area contributed by atoms with Crippen LogP contribution in [0.25, 0.3) is 0 Å². The molecular weight excluding hydrogens is 245 g/mol. The molecule has 4 nitrogen and oxygen atoms in total. The maximum atomic E-state index is 13.0. The SMILES string of the molecule is CCCCNC(N)=NCC(C)Oc1cccc(F)c1. The van der Waals surface area contributed by atoms with Crippen LogP contribution in [0.2, 0.25) is 0 Å². The zero-order chi connectivity index (χ0) is 14.1. The summed E-state index contributed by atoms with van der Waals surface area (Å²) < 4.78 is 18.5. The van der Waals surface area contributed by atoms with Crippen molar-refractivity contribution in [2.75, 3.05) is 13.1 Å².